The first-order valence-corrected chi connectivity index (χ1v) is 7.86. The number of aromatic carboxylic acids is 1. The van der Waals surface area contributed by atoms with E-state index >= 15 is 0 Å². The SMILES string of the molecule is CCCCOCCNS(=O)(=O)c1cccc(C(=O)O)c1. The lowest BCUT2D eigenvalue weighted by molar-refractivity contribution is 0.0696. The zero-order valence-corrected chi connectivity index (χ0v) is 12.1. The van der Waals surface area contributed by atoms with Gasteiger partial charge in [0.2, 0.25) is 10.0 Å². The summed E-state index contributed by atoms with van der Waals surface area (Å²) in [6.45, 7) is 3.09. The zero-order valence-electron chi connectivity index (χ0n) is 11.3. The maximum Gasteiger partial charge on any atom is 0.335 e. The van der Waals surface area contributed by atoms with E-state index in [2.05, 4.69) is 4.72 Å². The third kappa shape index (κ3) is 5.28. The number of unbranched alkanes of at least 4 members (excludes halogenated alkanes) is 1. The molecule has 1 rings (SSSR count). The van der Waals surface area contributed by atoms with Crippen LogP contribution in [0, 0.1) is 0 Å². The van der Waals surface area contributed by atoms with Crippen molar-refractivity contribution < 1.29 is 23.1 Å². The van der Waals surface area contributed by atoms with Crippen LogP contribution >= 0.6 is 0 Å². The fourth-order valence-corrected chi connectivity index (χ4v) is 2.53. The van der Waals surface area contributed by atoms with E-state index in [0.29, 0.717) is 6.61 Å². The van der Waals surface area contributed by atoms with Crippen LogP contribution < -0.4 is 4.72 Å². The second kappa shape index (κ2) is 7.98. The van der Waals surface area contributed by atoms with Crippen molar-refractivity contribution in [2.45, 2.75) is 24.7 Å². The number of carbonyl (C=O) groups is 1. The van der Waals surface area contributed by atoms with Crippen LogP contribution in [0.4, 0.5) is 0 Å². The average Bonchev–Trinajstić information content (AvgIpc) is 2.43. The molecule has 7 heteroatoms. The highest BCUT2D eigenvalue weighted by Gasteiger charge is 2.15. The Morgan fingerprint density at radius 3 is 2.75 bits per heavy atom. The van der Waals surface area contributed by atoms with Gasteiger partial charge in [-0.2, -0.15) is 0 Å². The first-order chi connectivity index (χ1) is 9.47. The predicted octanol–water partition coefficient (Wildman–Crippen LogP) is 1.48. The van der Waals surface area contributed by atoms with Crippen molar-refractivity contribution >= 4 is 16.0 Å². The van der Waals surface area contributed by atoms with E-state index in [-0.39, 0.29) is 23.6 Å². The van der Waals surface area contributed by atoms with Crippen LogP contribution in [0.1, 0.15) is 30.1 Å². The number of nitrogens with one attached hydrogen (secondary N) is 1. The molecule has 0 saturated carbocycles. The van der Waals surface area contributed by atoms with Gasteiger partial charge in [0, 0.05) is 13.2 Å². The molecule has 0 heterocycles. The molecule has 0 aliphatic rings. The maximum absolute atomic E-state index is 11.9. The van der Waals surface area contributed by atoms with Crippen molar-refractivity contribution in [3.05, 3.63) is 29.8 Å². The summed E-state index contributed by atoms with van der Waals surface area (Å²) in [5.41, 5.74) is -0.0629. The summed E-state index contributed by atoms with van der Waals surface area (Å²) >= 11 is 0. The van der Waals surface area contributed by atoms with Crippen LogP contribution in [-0.2, 0) is 14.8 Å². The minimum atomic E-state index is -3.70. The summed E-state index contributed by atoms with van der Waals surface area (Å²) in [7, 11) is -3.70. The summed E-state index contributed by atoms with van der Waals surface area (Å²) in [5.74, 6) is -1.16. The minimum absolute atomic E-state index is 0.0629. The molecule has 0 radical (unpaired) electrons. The highest BCUT2D eigenvalue weighted by Crippen LogP contribution is 2.11. The number of hydrogen-bond acceptors (Lipinski definition) is 4. The summed E-state index contributed by atoms with van der Waals surface area (Å²) in [6.07, 6.45) is 1.96. The van der Waals surface area contributed by atoms with E-state index in [1.54, 1.807) is 0 Å². The van der Waals surface area contributed by atoms with E-state index in [9.17, 15) is 13.2 Å². The summed E-state index contributed by atoms with van der Waals surface area (Å²) in [4.78, 5) is 10.7. The van der Waals surface area contributed by atoms with Gasteiger partial charge in [0.05, 0.1) is 17.1 Å². The Balaban J connectivity index is 2.56. The summed E-state index contributed by atoms with van der Waals surface area (Å²) in [6, 6.07) is 5.22. The van der Waals surface area contributed by atoms with Crippen molar-refractivity contribution in [3.8, 4) is 0 Å². The van der Waals surface area contributed by atoms with Gasteiger partial charge in [0.1, 0.15) is 0 Å². The van der Waals surface area contributed by atoms with Gasteiger partial charge in [-0.1, -0.05) is 19.4 Å². The van der Waals surface area contributed by atoms with Gasteiger partial charge in [0.15, 0.2) is 0 Å². The first kappa shape index (κ1) is 16.6. The number of hydrogen-bond donors (Lipinski definition) is 2. The van der Waals surface area contributed by atoms with Gasteiger partial charge in [-0.25, -0.2) is 17.9 Å². The molecule has 0 aromatic heterocycles. The highest BCUT2D eigenvalue weighted by atomic mass is 32.2. The normalized spacial score (nSPS) is 11.4. The molecule has 0 saturated heterocycles. The van der Waals surface area contributed by atoms with E-state index in [1.807, 2.05) is 6.92 Å². The van der Waals surface area contributed by atoms with Crippen LogP contribution in [0.3, 0.4) is 0 Å². The number of benzene rings is 1. The number of carboxylic acid groups (broad SMARTS) is 1. The van der Waals surface area contributed by atoms with Gasteiger partial charge in [0.25, 0.3) is 0 Å². The second-order valence-corrected chi connectivity index (χ2v) is 5.96. The Morgan fingerprint density at radius 2 is 2.10 bits per heavy atom. The maximum atomic E-state index is 11.9. The van der Waals surface area contributed by atoms with Gasteiger partial charge < -0.3 is 9.84 Å². The van der Waals surface area contributed by atoms with Gasteiger partial charge in [-0.05, 0) is 24.6 Å². The average molecular weight is 301 g/mol. The Labute approximate surface area is 118 Å². The van der Waals surface area contributed by atoms with Gasteiger partial charge >= 0.3 is 5.97 Å². The van der Waals surface area contributed by atoms with E-state index < -0.39 is 16.0 Å². The van der Waals surface area contributed by atoms with Crippen LogP contribution in [0.5, 0.6) is 0 Å². The Hall–Kier alpha value is -1.44. The molecular formula is C13H19NO5S. The van der Waals surface area contributed by atoms with Crippen molar-refractivity contribution in [2.75, 3.05) is 19.8 Å². The molecule has 1 aromatic carbocycles. The molecule has 0 bridgehead atoms. The number of carboxylic acids is 1. The first-order valence-electron chi connectivity index (χ1n) is 6.38. The Kier molecular flexibility index (Phi) is 6.63. The van der Waals surface area contributed by atoms with Crippen molar-refractivity contribution in [1.29, 1.82) is 0 Å². The lowest BCUT2D eigenvalue weighted by Gasteiger charge is -2.08. The monoisotopic (exact) mass is 301 g/mol. The van der Waals surface area contributed by atoms with Crippen molar-refractivity contribution in [3.63, 3.8) is 0 Å². The quantitative estimate of drug-likeness (QED) is 0.674. The van der Waals surface area contributed by atoms with Gasteiger partial charge in [-0.3, -0.25) is 0 Å². The van der Waals surface area contributed by atoms with Gasteiger partial charge in [-0.15, -0.1) is 0 Å². The van der Waals surface area contributed by atoms with Crippen LogP contribution in [-0.4, -0.2) is 39.3 Å². The molecule has 112 valence electrons. The minimum Gasteiger partial charge on any atom is -0.478 e. The van der Waals surface area contributed by atoms with E-state index in [1.165, 1.54) is 18.2 Å². The van der Waals surface area contributed by atoms with E-state index in [4.69, 9.17) is 9.84 Å². The lowest BCUT2D eigenvalue weighted by Crippen LogP contribution is -2.27. The largest absolute Gasteiger partial charge is 0.478 e. The molecule has 0 aliphatic heterocycles. The second-order valence-electron chi connectivity index (χ2n) is 4.20. The molecule has 1 aromatic rings. The fourth-order valence-electron chi connectivity index (χ4n) is 1.48. The third-order valence-electron chi connectivity index (χ3n) is 2.57. The third-order valence-corrected chi connectivity index (χ3v) is 4.03. The molecular weight excluding hydrogens is 282 g/mol. The molecule has 0 fully saturated rings. The number of rotatable bonds is 9. The van der Waals surface area contributed by atoms with Crippen molar-refractivity contribution in [2.24, 2.45) is 0 Å². The molecule has 20 heavy (non-hydrogen) atoms. The smallest absolute Gasteiger partial charge is 0.335 e. The van der Waals surface area contributed by atoms with Crippen molar-refractivity contribution in [1.82, 2.24) is 4.72 Å². The van der Waals surface area contributed by atoms with Crippen LogP contribution in [0.25, 0.3) is 0 Å². The number of sulfonamides is 1. The highest BCUT2D eigenvalue weighted by molar-refractivity contribution is 7.89. The standard InChI is InChI=1S/C13H19NO5S/c1-2-3-8-19-9-7-14-20(17,18)12-6-4-5-11(10-12)13(15)16/h4-6,10,14H,2-3,7-9H2,1H3,(H,15,16). The zero-order chi connectivity index (χ0) is 15.0. The topological polar surface area (TPSA) is 92.7 Å². The molecule has 2 N–H and O–H groups in total. The Bertz CT molecular complexity index is 541. The van der Waals surface area contributed by atoms with Crippen LogP contribution in [0.15, 0.2) is 29.2 Å². The fraction of sp³-hybridized carbons (Fsp3) is 0.462. The molecule has 0 amide bonds. The lowest BCUT2D eigenvalue weighted by atomic mass is 10.2. The molecule has 0 aliphatic carbocycles. The molecule has 0 unspecified atom stereocenters. The number of ether oxygens (including phenoxy) is 1. The van der Waals surface area contributed by atoms with Crippen LogP contribution in [0.2, 0.25) is 0 Å². The predicted molar refractivity (Wildman–Crippen MR) is 74.3 cm³/mol. The van der Waals surface area contributed by atoms with E-state index in [0.717, 1.165) is 18.9 Å². The summed E-state index contributed by atoms with van der Waals surface area (Å²) in [5, 5.41) is 8.84. The Morgan fingerprint density at radius 1 is 1.35 bits per heavy atom. The summed E-state index contributed by atoms with van der Waals surface area (Å²) < 4.78 is 31.5. The molecule has 0 spiro atoms. The molecule has 6 nitrogen and oxygen atoms in total. The molecule has 0 atom stereocenters.